The average molecular weight is 443 g/mol. The SMILES string of the molecule is Cc1c(C(=O)Nc2ccc(C(=O)N3CCCC3)cc2)cnn1-c1ccc(C(F)(F)F)cn1. The van der Waals surface area contributed by atoms with Crippen LogP contribution in [0.5, 0.6) is 0 Å². The second kappa shape index (κ2) is 8.45. The van der Waals surface area contributed by atoms with Crippen molar-refractivity contribution in [3.63, 3.8) is 0 Å². The molecule has 0 aliphatic carbocycles. The number of hydrogen-bond acceptors (Lipinski definition) is 4. The molecule has 2 amide bonds. The average Bonchev–Trinajstić information content (AvgIpc) is 3.43. The second-order valence-electron chi connectivity index (χ2n) is 7.49. The van der Waals surface area contributed by atoms with Crippen LogP contribution in [-0.4, -0.2) is 44.6 Å². The number of alkyl halides is 3. The lowest BCUT2D eigenvalue weighted by atomic mass is 10.1. The van der Waals surface area contributed by atoms with E-state index in [1.807, 2.05) is 0 Å². The van der Waals surface area contributed by atoms with Crippen LogP contribution in [-0.2, 0) is 6.18 Å². The summed E-state index contributed by atoms with van der Waals surface area (Å²) in [5.74, 6) is -0.292. The molecule has 1 aromatic carbocycles. The van der Waals surface area contributed by atoms with E-state index in [1.54, 1.807) is 36.1 Å². The fourth-order valence-corrected chi connectivity index (χ4v) is 3.54. The highest BCUT2D eigenvalue weighted by Gasteiger charge is 2.31. The Kier molecular flexibility index (Phi) is 5.68. The summed E-state index contributed by atoms with van der Waals surface area (Å²) in [5, 5.41) is 6.83. The summed E-state index contributed by atoms with van der Waals surface area (Å²) < 4.78 is 39.5. The smallest absolute Gasteiger partial charge is 0.339 e. The van der Waals surface area contributed by atoms with E-state index >= 15 is 0 Å². The zero-order chi connectivity index (χ0) is 22.9. The summed E-state index contributed by atoms with van der Waals surface area (Å²) in [6.45, 7) is 3.14. The molecule has 166 valence electrons. The predicted octanol–water partition coefficient (Wildman–Crippen LogP) is 4.08. The number of amides is 2. The van der Waals surface area contributed by atoms with E-state index in [1.165, 1.54) is 16.9 Å². The molecule has 0 unspecified atom stereocenters. The summed E-state index contributed by atoms with van der Waals surface area (Å²) in [5.41, 5.74) is 0.880. The zero-order valence-corrected chi connectivity index (χ0v) is 17.2. The third-order valence-electron chi connectivity index (χ3n) is 5.33. The van der Waals surface area contributed by atoms with Gasteiger partial charge in [0, 0.05) is 30.5 Å². The molecule has 32 heavy (non-hydrogen) atoms. The Morgan fingerprint density at radius 2 is 1.69 bits per heavy atom. The molecule has 10 heteroatoms. The molecule has 3 heterocycles. The summed E-state index contributed by atoms with van der Waals surface area (Å²) in [6.07, 6.45) is -0.412. The van der Waals surface area contributed by atoms with E-state index in [4.69, 9.17) is 0 Å². The summed E-state index contributed by atoms with van der Waals surface area (Å²) in [4.78, 5) is 30.7. The predicted molar refractivity (Wildman–Crippen MR) is 111 cm³/mol. The maximum Gasteiger partial charge on any atom is 0.417 e. The molecule has 0 saturated carbocycles. The number of anilines is 1. The molecule has 3 aromatic rings. The Morgan fingerprint density at radius 1 is 1.00 bits per heavy atom. The maximum atomic E-state index is 12.7. The van der Waals surface area contributed by atoms with Crippen LogP contribution in [0.3, 0.4) is 0 Å². The van der Waals surface area contributed by atoms with E-state index in [0.717, 1.165) is 38.2 Å². The second-order valence-corrected chi connectivity index (χ2v) is 7.49. The molecule has 4 rings (SSSR count). The molecule has 1 saturated heterocycles. The van der Waals surface area contributed by atoms with Crippen molar-refractivity contribution in [1.82, 2.24) is 19.7 Å². The molecule has 0 atom stereocenters. The highest BCUT2D eigenvalue weighted by atomic mass is 19.4. The minimum Gasteiger partial charge on any atom is -0.339 e. The first kappa shape index (κ1) is 21.5. The van der Waals surface area contributed by atoms with Gasteiger partial charge in [-0.05, 0) is 56.2 Å². The monoisotopic (exact) mass is 443 g/mol. The van der Waals surface area contributed by atoms with Gasteiger partial charge >= 0.3 is 6.18 Å². The lowest BCUT2D eigenvalue weighted by Gasteiger charge is -2.15. The first-order valence-corrected chi connectivity index (χ1v) is 10.0. The van der Waals surface area contributed by atoms with Gasteiger partial charge in [0.05, 0.1) is 23.0 Å². The molecule has 2 aromatic heterocycles. The maximum absolute atomic E-state index is 12.7. The van der Waals surface area contributed by atoms with Crippen LogP contribution < -0.4 is 5.32 Å². The Bertz CT molecular complexity index is 1130. The molecule has 0 spiro atoms. The Hall–Kier alpha value is -3.69. The van der Waals surface area contributed by atoms with Gasteiger partial charge in [0.1, 0.15) is 0 Å². The Balaban J connectivity index is 1.46. The van der Waals surface area contributed by atoms with Crippen molar-refractivity contribution in [2.24, 2.45) is 0 Å². The third kappa shape index (κ3) is 4.34. The van der Waals surface area contributed by atoms with Crippen molar-refractivity contribution in [1.29, 1.82) is 0 Å². The van der Waals surface area contributed by atoms with E-state index in [9.17, 15) is 22.8 Å². The number of carbonyl (C=O) groups is 2. The van der Waals surface area contributed by atoms with Crippen LogP contribution >= 0.6 is 0 Å². The standard InChI is InChI=1S/C22H20F3N5O2/c1-14-18(13-27-30(14)19-9-6-16(12-26-19)22(23,24)25)20(31)28-17-7-4-15(5-8-17)21(32)29-10-2-3-11-29/h4-9,12-13H,2-3,10-11H2,1H3,(H,28,31). The summed E-state index contributed by atoms with van der Waals surface area (Å²) >= 11 is 0. The van der Waals surface area contributed by atoms with Crippen molar-refractivity contribution >= 4 is 17.5 Å². The number of aromatic nitrogens is 3. The lowest BCUT2D eigenvalue weighted by Crippen LogP contribution is -2.27. The molecule has 1 aliphatic rings. The summed E-state index contributed by atoms with van der Waals surface area (Å²) in [7, 11) is 0. The topological polar surface area (TPSA) is 80.1 Å². The van der Waals surface area contributed by atoms with E-state index in [-0.39, 0.29) is 17.3 Å². The van der Waals surface area contributed by atoms with E-state index in [2.05, 4.69) is 15.4 Å². The van der Waals surface area contributed by atoms with E-state index < -0.39 is 17.6 Å². The molecule has 1 fully saturated rings. The van der Waals surface area contributed by atoms with Crippen LogP contribution in [0.1, 0.15) is 44.8 Å². The summed E-state index contributed by atoms with van der Waals surface area (Å²) in [6, 6.07) is 8.74. The number of likely N-dealkylation sites (tertiary alicyclic amines) is 1. The van der Waals surface area contributed by atoms with Crippen molar-refractivity contribution in [2.75, 3.05) is 18.4 Å². The molecular weight excluding hydrogens is 423 g/mol. The van der Waals surface area contributed by atoms with Gasteiger partial charge in [0.2, 0.25) is 0 Å². The largest absolute Gasteiger partial charge is 0.417 e. The van der Waals surface area contributed by atoms with Crippen molar-refractivity contribution < 1.29 is 22.8 Å². The van der Waals surface area contributed by atoms with Gasteiger partial charge in [-0.15, -0.1) is 0 Å². The molecule has 7 nitrogen and oxygen atoms in total. The van der Waals surface area contributed by atoms with Gasteiger partial charge in [-0.1, -0.05) is 0 Å². The number of benzene rings is 1. The number of pyridine rings is 1. The number of nitrogens with zero attached hydrogens (tertiary/aromatic N) is 4. The number of rotatable bonds is 4. The molecule has 1 aliphatic heterocycles. The van der Waals surface area contributed by atoms with Crippen LogP contribution in [0.25, 0.3) is 5.82 Å². The van der Waals surface area contributed by atoms with Crippen molar-refractivity contribution in [3.8, 4) is 5.82 Å². The van der Waals surface area contributed by atoms with Gasteiger partial charge in [-0.2, -0.15) is 18.3 Å². The van der Waals surface area contributed by atoms with Crippen molar-refractivity contribution in [3.05, 3.63) is 71.2 Å². The highest BCUT2D eigenvalue weighted by molar-refractivity contribution is 6.05. The van der Waals surface area contributed by atoms with E-state index in [0.29, 0.717) is 16.9 Å². The van der Waals surface area contributed by atoms with Gasteiger partial charge in [0.15, 0.2) is 5.82 Å². The molecule has 0 bridgehead atoms. The molecule has 0 radical (unpaired) electrons. The number of halogens is 3. The normalized spacial score (nSPS) is 13.9. The molecule has 1 N–H and O–H groups in total. The van der Waals surface area contributed by atoms with Crippen LogP contribution in [0.2, 0.25) is 0 Å². The Morgan fingerprint density at radius 3 is 2.28 bits per heavy atom. The quantitative estimate of drug-likeness (QED) is 0.659. The fraction of sp³-hybridized carbons (Fsp3) is 0.273. The van der Waals surface area contributed by atoms with Gasteiger partial charge in [0.25, 0.3) is 11.8 Å². The van der Waals surface area contributed by atoms with Crippen LogP contribution in [0.15, 0.2) is 48.8 Å². The highest BCUT2D eigenvalue weighted by Crippen LogP contribution is 2.29. The van der Waals surface area contributed by atoms with Gasteiger partial charge < -0.3 is 10.2 Å². The third-order valence-corrected chi connectivity index (χ3v) is 5.33. The molecular formula is C22H20F3N5O2. The lowest BCUT2D eigenvalue weighted by molar-refractivity contribution is -0.137. The fourth-order valence-electron chi connectivity index (χ4n) is 3.54. The minimum absolute atomic E-state index is 0.0264. The zero-order valence-electron chi connectivity index (χ0n) is 17.2. The number of nitrogens with one attached hydrogen (secondary N) is 1. The Labute approximate surface area is 181 Å². The first-order chi connectivity index (χ1) is 15.2. The van der Waals surface area contributed by atoms with Crippen LogP contribution in [0, 0.1) is 6.92 Å². The minimum atomic E-state index is -4.48. The van der Waals surface area contributed by atoms with Crippen molar-refractivity contribution in [2.45, 2.75) is 25.9 Å². The van der Waals surface area contributed by atoms with Crippen LogP contribution in [0.4, 0.5) is 18.9 Å². The number of hydrogen-bond donors (Lipinski definition) is 1. The van der Waals surface area contributed by atoms with Gasteiger partial charge in [-0.25, -0.2) is 9.67 Å². The first-order valence-electron chi connectivity index (χ1n) is 10.0. The number of carbonyl (C=O) groups excluding carboxylic acids is 2. The van der Waals surface area contributed by atoms with Gasteiger partial charge in [-0.3, -0.25) is 9.59 Å².